The fourth-order valence-electron chi connectivity index (χ4n) is 3.50. The minimum Gasteiger partial charge on any atom is -0.329 e. The van der Waals surface area contributed by atoms with Crippen LogP contribution in [0, 0.1) is 5.92 Å². The van der Waals surface area contributed by atoms with Crippen LogP contribution in [0.2, 0.25) is 0 Å². The van der Waals surface area contributed by atoms with Gasteiger partial charge in [-0.25, -0.2) is 0 Å². The Labute approximate surface area is 171 Å². The first-order valence-corrected chi connectivity index (χ1v) is 10.4. The molecule has 1 aliphatic carbocycles. The summed E-state index contributed by atoms with van der Waals surface area (Å²) < 4.78 is 39.3. The zero-order valence-electron chi connectivity index (χ0n) is 16.3. The first-order chi connectivity index (χ1) is 13.7. The van der Waals surface area contributed by atoms with Crippen molar-refractivity contribution < 1.29 is 22.8 Å². The molecule has 0 aliphatic heterocycles. The summed E-state index contributed by atoms with van der Waals surface area (Å²) in [7, 11) is 0. The van der Waals surface area contributed by atoms with E-state index < -0.39 is 17.6 Å². The van der Waals surface area contributed by atoms with Gasteiger partial charge in [-0.3, -0.25) is 9.59 Å². The second-order valence-corrected chi connectivity index (χ2v) is 8.45. The average Bonchev–Trinajstić information content (AvgIpc) is 3.08. The lowest BCUT2D eigenvalue weighted by atomic mass is 9.90. The second-order valence-electron chi connectivity index (χ2n) is 7.32. The van der Waals surface area contributed by atoms with Crippen molar-refractivity contribution in [1.82, 2.24) is 4.90 Å². The van der Waals surface area contributed by atoms with E-state index in [9.17, 15) is 22.8 Å². The molecule has 4 nitrogen and oxygen atoms in total. The fourth-order valence-corrected chi connectivity index (χ4v) is 4.67. The number of hydrogen-bond donors (Lipinski definition) is 1. The van der Waals surface area contributed by atoms with Crippen molar-refractivity contribution in [3.63, 3.8) is 0 Å². The maximum Gasteiger partial charge on any atom is 0.418 e. The van der Waals surface area contributed by atoms with E-state index in [1.54, 1.807) is 6.92 Å². The van der Waals surface area contributed by atoms with Crippen LogP contribution in [-0.2, 0) is 23.8 Å². The van der Waals surface area contributed by atoms with Crippen molar-refractivity contribution in [2.24, 2.45) is 5.92 Å². The Hall–Kier alpha value is -2.35. The van der Waals surface area contributed by atoms with E-state index in [0.717, 1.165) is 25.3 Å². The number of benzene rings is 1. The summed E-state index contributed by atoms with van der Waals surface area (Å²) in [5, 5.41) is 2.29. The van der Waals surface area contributed by atoms with Crippen molar-refractivity contribution in [2.75, 3.05) is 18.4 Å². The number of likely N-dealkylation sites (N-methyl/N-ethyl adjacent to an activating group) is 1. The van der Waals surface area contributed by atoms with Crippen LogP contribution in [0.25, 0.3) is 0 Å². The molecule has 1 aromatic heterocycles. The number of rotatable bonds is 5. The number of anilines is 1. The monoisotopic (exact) mass is 424 g/mol. The van der Waals surface area contributed by atoms with Gasteiger partial charge in [0.15, 0.2) is 0 Å². The van der Waals surface area contributed by atoms with Gasteiger partial charge in [0.2, 0.25) is 5.91 Å². The van der Waals surface area contributed by atoms with Crippen LogP contribution in [0.5, 0.6) is 0 Å². The van der Waals surface area contributed by atoms with Crippen molar-refractivity contribution in [2.45, 2.75) is 39.3 Å². The first kappa shape index (κ1) is 21.4. The summed E-state index contributed by atoms with van der Waals surface area (Å²) >= 11 is 1.45. The van der Waals surface area contributed by atoms with Gasteiger partial charge in [0, 0.05) is 11.4 Å². The number of alkyl halides is 3. The number of amides is 2. The summed E-state index contributed by atoms with van der Waals surface area (Å²) in [6, 6.07) is 6.70. The van der Waals surface area contributed by atoms with Gasteiger partial charge < -0.3 is 10.2 Å². The van der Waals surface area contributed by atoms with E-state index in [0.29, 0.717) is 10.8 Å². The van der Waals surface area contributed by atoms with Gasteiger partial charge in [0.1, 0.15) is 6.54 Å². The Morgan fingerprint density at radius 2 is 2.00 bits per heavy atom. The molecule has 0 saturated carbocycles. The van der Waals surface area contributed by atoms with Crippen molar-refractivity contribution in [3.8, 4) is 0 Å². The maximum atomic E-state index is 13.1. The molecule has 1 aliphatic rings. The lowest BCUT2D eigenvalue weighted by Gasteiger charge is -2.20. The van der Waals surface area contributed by atoms with E-state index in [1.165, 1.54) is 44.9 Å². The molecule has 1 heterocycles. The van der Waals surface area contributed by atoms with Crippen LogP contribution in [-0.4, -0.2) is 29.8 Å². The molecule has 0 bridgehead atoms. The van der Waals surface area contributed by atoms with Crippen LogP contribution in [0.15, 0.2) is 30.3 Å². The zero-order chi connectivity index (χ0) is 21.2. The smallest absolute Gasteiger partial charge is 0.329 e. The van der Waals surface area contributed by atoms with Crippen LogP contribution in [0.3, 0.4) is 0 Å². The third-order valence-corrected chi connectivity index (χ3v) is 6.28. The number of para-hydroxylation sites is 1. The van der Waals surface area contributed by atoms with Crippen LogP contribution in [0.4, 0.5) is 18.9 Å². The van der Waals surface area contributed by atoms with E-state index in [-0.39, 0.29) is 24.7 Å². The van der Waals surface area contributed by atoms with E-state index in [2.05, 4.69) is 12.2 Å². The summed E-state index contributed by atoms with van der Waals surface area (Å²) in [5.74, 6) is -0.340. The molecule has 1 unspecified atom stereocenters. The number of carbonyl (C=O) groups excluding carboxylic acids is 2. The molecular formula is C21H23F3N2O2S. The lowest BCUT2D eigenvalue weighted by Crippen LogP contribution is -2.37. The first-order valence-electron chi connectivity index (χ1n) is 9.56. The van der Waals surface area contributed by atoms with Gasteiger partial charge in [-0.1, -0.05) is 19.1 Å². The van der Waals surface area contributed by atoms with Gasteiger partial charge >= 0.3 is 6.18 Å². The number of nitrogens with one attached hydrogen (secondary N) is 1. The highest BCUT2D eigenvalue weighted by molar-refractivity contribution is 7.14. The second kappa shape index (κ2) is 8.57. The Kier molecular flexibility index (Phi) is 6.31. The molecule has 1 atom stereocenters. The summed E-state index contributed by atoms with van der Waals surface area (Å²) in [4.78, 5) is 28.4. The van der Waals surface area contributed by atoms with Crippen LogP contribution >= 0.6 is 11.3 Å². The van der Waals surface area contributed by atoms with Gasteiger partial charge in [0.25, 0.3) is 5.91 Å². The molecule has 0 saturated heterocycles. The third-order valence-electron chi connectivity index (χ3n) is 5.05. The Bertz CT molecular complexity index is 908. The third kappa shape index (κ3) is 4.98. The van der Waals surface area contributed by atoms with E-state index >= 15 is 0 Å². The largest absolute Gasteiger partial charge is 0.418 e. The van der Waals surface area contributed by atoms with Gasteiger partial charge in [-0.15, -0.1) is 11.3 Å². The predicted molar refractivity (Wildman–Crippen MR) is 107 cm³/mol. The number of carbonyl (C=O) groups is 2. The van der Waals surface area contributed by atoms with E-state index in [1.807, 2.05) is 6.07 Å². The minimum absolute atomic E-state index is 0.265. The highest BCUT2D eigenvalue weighted by Gasteiger charge is 2.33. The molecule has 8 heteroatoms. The molecule has 1 N–H and O–H groups in total. The standard InChI is InChI=1S/C21H23F3N2O2S/c1-3-26(20(28)18-11-14-10-13(2)8-9-17(14)29-18)12-19(27)25-16-7-5-4-6-15(16)21(22,23)24/h4-7,11,13H,3,8-10,12H2,1-2H3,(H,25,27). The van der Waals surface area contributed by atoms with Gasteiger partial charge in [0.05, 0.1) is 16.1 Å². The summed E-state index contributed by atoms with van der Waals surface area (Å²) in [6.07, 6.45) is -1.58. The topological polar surface area (TPSA) is 49.4 Å². The molecule has 2 amide bonds. The number of thiophene rings is 1. The number of halogens is 3. The predicted octanol–water partition coefficient (Wildman–Crippen LogP) is 4.99. The Balaban J connectivity index is 1.70. The Morgan fingerprint density at radius 3 is 2.69 bits per heavy atom. The molecule has 1 aromatic carbocycles. The maximum absolute atomic E-state index is 13.1. The van der Waals surface area contributed by atoms with Crippen LogP contribution < -0.4 is 5.32 Å². The molecule has 0 radical (unpaired) electrons. The SMILES string of the molecule is CCN(CC(=O)Nc1ccccc1C(F)(F)F)C(=O)c1cc2c(s1)CCC(C)C2. The normalized spacial score (nSPS) is 16.2. The van der Waals surface area contributed by atoms with Crippen molar-refractivity contribution in [1.29, 1.82) is 0 Å². The van der Waals surface area contributed by atoms with E-state index in [4.69, 9.17) is 0 Å². The molecule has 3 rings (SSSR count). The van der Waals surface area contributed by atoms with Crippen molar-refractivity contribution in [3.05, 3.63) is 51.2 Å². The molecule has 0 fully saturated rings. The molecule has 2 aromatic rings. The molecule has 0 spiro atoms. The molecule has 29 heavy (non-hydrogen) atoms. The summed E-state index contributed by atoms with van der Waals surface area (Å²) in [5.41, 5.74) is -0.0337. The minimum atomic E-state index is -4.57. The number of hydrogen-bond acceptors (Lipinski definition) is 3. The Morgan fingerprint density at radius 1 is 1.28 bits per heavy atom. The molecular weight excluding hydrogens is 401 g/mol. The number of aryl methyl sites for hydroxylation is 1. The summed E-state index contributed by atoms with van der Waals surface area (Å²) in [6.45, 7) is 3.90. The number of fused-ring (bicyclic) bond motifs is 1. The lowest BCUT2D eigenvalue weighted by molar-refractivity contribution is -0.137. The fraction of sp³-hybridized carbons (Fsp3) is 0.429. The van der Waals surface area contributed by atoms with Gasteiger partial charge in [-0.2, -0.15) is 13.2 Å². The van der Waals surface area contributed by atoms with Crippen LogP contribution in [0.1, 0.15) is 45.9 Å². The quantitative estimate of drug-likeness (QED) is 0.735. The van der Waals surface area contributed by atoms with Crippen molar-refractivity contribution >= 4 is 28.8 Å². The van der Waals surface area contributed by atoms with Gasteiger partial charge in [-0.05, 0) is 55.9 Å². The molecule has 156 valence electrons. The average molecular weight is 424 g/mol. The zero-order valence-corrected chi connectivity index (χ0v) is 17.1. The highest BCUT2D eigenvalue weighted by atomic mass is 32.1. The highest BCUT2D eigenvalue weighted by Crippen LogP contribution is 2.35. The number of nitrogens with zero attached hydrogens (tertiary/aromatic N) is 1.